The molecule has 2 atom stereocenters. The summed E-state index contributed by atoms with van der Waals surface area (Å²) in [7, 11) is 0. The van der Waals surface area contributed by atoms with Gasteiger partial charge in [0.05, 0.1) is 16.5 Å². The summed E-state index contributed by atoms with van der Waals surface area (Å²) in [6.07, 6.45) is -21.2. The van der Waals surface area contributed by atoms with Crippen molar-refractivity contribution in [3.05, 3.63) is 98.8 Å². The molecule has 21 heteroatoms. The summed E-state index contributed by atoms with van der Waals surface area (Å²) in [6.45, 7) is 0. The fourth-order valence-corrected chi connectivity index (χ4v) is 5.97. The fourth-order valence-electron chi connectivity index (χ4n) is 4.91. The average Bonchev–Trinajstić information content (AvgIpc) is 3.57. The monoisotopic (exact) mass is 805 g/mol. The molecule has 0 unspecified atom stereocenters. The summed E-state index contributed by atoms with van der Waals surface area (Å²) < 4.78 is 174. The van der Waals surface area contributed by atoms with E-state index < -0.39 is 111 Å². The van der Waals surface area contributed by atoms with Gasteiger partial charge in [0.25, 0.3) is 0 Å². The van der Waals surface area contributed by atoms with Crippen molar-refractivity contribution in [1.82, 2.24) is 0 Å². The molecule has 1 amide bonds. The molecule has 0 radical (unpaired) electrons. The number of anilines is 1. The van der Waals surface area contributed by atoms with E-state index in [1.165, 1.54) is 0 Å². The second-order valence-electron chi connectivity index (χ2n) is 10.9. The maximum Gasteiger partial charge on any atom is 0.527 e. The summed E-state index contributed by atoms with van der Waals surface area (Å²) in [5.74, 6) is -19.2. The van der Waals surface area contributed by atoms with Crippen molar-refractivity contribution in [2.75, 3.05) is 5.32 Å². The van der Waals surface area contributed by atoms with Crippen LogP contribution in [0, 0.1) is 23.4 Å². The van der Waals surface area contributed by atoms with Crippen LogP contribution < -0.4 is 5.32 Å². The first-order chi connectivity index (χ1) is 23.2. The maximum absolute atomic E-state index is 15.1. The van der Waals surface area contributed by atoms with Crippen LogP contribution in [-0.2, 0) is 33.3 Å². The van der Waals surface area contributed by atoms with Gasteiger partial charge in [0.1, 0.15) is 21.8 Å². The van der Waals surface area contributed by atoms with Gasteiger partial charge in [-0.25, -0.2) is 17.9 Å². The zero-order valence-corrected chi connectivity index (χ0v) is 26.6. The summed E-state index contributed by atoms with van der Waals surface area (Å²) in [4.78, 5) is 37.9. The van der Waals surface area contributed by atoms with E-state index in [4.69, 9.17) is 34.8 Å². The minimum Gasteiger partial charge on any atom is -0.326 e. The van der Waals surface area contributed by atoms with Gasteiger partial charge in [0, 0.05) is 35.6 Å². The van der Waals surface area contributed by atoms with E-state index in [1.807, 2.05) is 4.74 Å². The van der Waals surface area contributed by atoms with Crippen molar-refractivity contribution in [1.29, 1.82) is 0 Å². The topological polar surface area (TPSA) is 72.5 Å². The molecule has 0 saturated heterocycles. The Morgan fingerprint density at radius 2 is 1.41 bits per heavy atom. The molecular formula is C30H15Cl3F13NO4. The lowest BCUT2D eigenvalue weighted by Crippen LogP contribution is -2.51. The van der Waals surface area contributed by atoms with Gasteiger partial charge >= 0.3 is 24.6 Å². The zero-order chi connectivity index (χ0) is 38.6. The first-order valence-corrected chi connectivity index (χ1v) is 14.7. The van der Waals surface area contributed by atoms with Gasteiger partial charge in [0.2, 0.25) is 11.7 Å². The molecule has 0 aliphatic heterocycles. The van der Waals surface area contributed by atoms with Crippen molar-refractivity contribution in [2.24, 2.45) is 5.92 Å². The number of carbonyl (C=O) groups excluding carboxylic acids is 3. The minimum absolute atomic E-state index is 0.201. The van der Waals surface area contributed by atoms with Crippen LogP contribution in [-0.4, -0.2) is 40.2 Å². The van der Waals surface area contributed by atoms with E-state index in [-0.39, 0.29) is 16.3 Å². The number of halogens is 16. The van der Waals surface area contributed by atoms with Crippen molar-refractivity contribution in [3.63, 3.8) is 0 Å². The van der Waals surface area contributed by atoms with Crippen LogP contribution in [0.4, 0.5) is 62.8 Å². The number of alkyl halides is 12. The van der Waals surface area contributed by atoms with E-state index in [2.05, 4.69) is 5.32 Å². The highest BCUT2D eigenvalue weighted by molar-refractivity contribution is 6.53. The number of benzene rings is 3. The third-order valence-corrected chi connectivity index (χ3v) is 8.71. The van der Waals surface area contributed by atoms with Crippen molar-refractivity contribution in [2.45, 2.75) is 47.7 Å². The highest BCUT2D eigenvalue weighted by Gasteiger charge is 2.68. The van der Waals surface area contributed by atoms with Gasteiger partial charge in [-0.3, -0.25) is 14.4 Å². The molecule has 1 fully saturated rings. The Balaban J connectivity index is 1.52. The van der Waals surface area contributed by atoms with Crippen LogP contribution >= 0.6 is 34.8 Å². The second-order valence-corrected chi connectivity index (χ2v) is 12.7. The summed E-state index contributed by atoms with van der Waals surface area (Å²) in [5.41, 5.74) is -4.95. The molecular weight excluding hydrogens is 792 g/mol. The molecule has 1 aliphatic carbocycles. The quantitative estimate of drug-likeness (QED) is 0.119. The van der Waals surface area contributed by atoms with Gasteiger partial charge < -0.3 is 5.32 Å². The molecule has 0 spiro atoms. The molecule has 276 valence electrons. The standard InChI is InChI=1S/C30H15Cl3F13NO4/c31-17-4-3-13(47-25(50)23-22(26(23,32)33)11-1-6-19(35)16(7-11)28(39,40)41)9-14(17)20(48)8-12-2-5-18(34)15(24(12)36)10-21(49)27(37,38)29(42,43)51-30(44,45)46/h1-7,9,22-23H,8,10H2,(H,47,50)/t22-,23+/m0/s1. The minimum atomic E-state index is -6.47. The van der Waals surface area contributed by atoms with Gasteiger partial charge in [-0.05, 0) is 47.5 Å². The lowest BCUT2D eigenvalue weighted by molar-refractivity contribution is -0.457. The molecule has 4 rings (SSSR count). The van der Waals surface area contributed by atoms with Gasteiger partial charge in [-0.2, -0.15) is 30.7 Å². The predicted molar refractivity (Wildman–Crippen MR) is 152 cm³/mol. The Labute approximate surface area is 291 Å². The molecule has 3 aromatic rings. The second kappa shape index (κ2) is 13.7. The van der Waals surface area contributed by atoms with Crippen LogP contribution in [0.2, 0.25) is 5.02 Å². The Morgan fingerprint density at radius 1 is 0.804 bits per heavy atom. The van der Waals surface area contributed by atoms with Crippen LogP contribution in [0.3, 0.4) is 0 Å². The number of nitrogens with one attached hydrogen (secondary N) is 1. The van der Waals surface area contributed by atoms with Gasteiger partial charge in [-0.15, -0.1) is 36.4 Å². The lowest BCUT2D eigenvalue weighted by Gasteiger charge is -2.25. The van der Waals surface area contributed by atoms with E-state index in [1.54, 1.807) is 0 Å². The third kappa shape index (κ3) is 8.39. The zero-order valence-electron chi connectivity index (χ0n) is 24.4. The molecule has 0 heterocycles. The van der Waals surface area contributed by atoms with Gasteiger partial charge in [-0.1, -0.05) is 23.7 Å². The fraction of sp³-hybridized carbons (Fsp3) is 0.300. The SMILES string of the molecule is O=C(Cc1ccc(F)c(CC(=O)C(F)(F)C(F)(F)OC(F)(F)F)c1F)c1cc(NC(=O)[C@H]2[C@H](c3ccc(F)c(C(F)(F)F)c3)C2(Cl)Cl)ccc1Cl. The number of hydrogen-bond acceptors (Lipinski definition) is 4. The van der Waals surface area contributed by atoms with Crippen LogP contribution in [0.5, 0.6) is 0 Å². The van der Waals surface area contributed by atoms with Crippen molar-refractivity contribution < 1.29 is 76.2 Å². The van der Waals surface area contributed by atoms with E-state index in [9.17, 15) is 67.1 Å². The Bertz CT molecular complexity index is 1900. The Kier molecular flexibility index (Phi) is 10.8. The summed E-state index contributed by atoms with van der Waals surface area (Å²) in [5, 5.41) is 1.97. The van der Waals surface area contributed by atoms with E-state index in [0.717, 1.165) is 24.3 Å². The first-order valence-electron chi connectivity index (χ1n) is 13.6. The predicted octanol–water partition coefficient (Wildman–Crippen LogP) is 9.60. The number of hydrogen-bond donors (Lipinski definition) is 1. The smallest absolute Gasteiger partial charge is 0.326 e. The van der Waals surface area contributed by atoms with E-state index >= 15 is 4.39 Å². The number of ketones is 2. The summed E-state index contributed by atoms with van der Waals surface area (Å²) >= 11 is 18.4. The Morgan fingerprint density at radius 3 is 2.00 bits per heavy atom. The number of rotatable bonds is 11. The molecule has 5 nitrogen and oxygen atoms in total. The first kappa shape index (κ1) is 40.2. The van der Waals surface area contributed by atoms with Crippen LogP contribution in [0.15, 0.2) is 48.5 Å². The Hall–Kier alpha value is -3.61. The van der Waals surface area contributed by atoms with E-state index in [0.29, 0.717) is 24.3 Å². The maximum atomic E-state index is 15.1. The number of amides is 1. The third-order valence-electron chi connectivity index (χ3n) is 7.44. The lowest BCUT2D eigenvalue weighted by atomic mass is 9.96. The molecule has 0 aromatic heterocycles. The number of ether oxygens (including phenoxy) is 1. The molecule has 1 aliphatic rings. The van der Waals surface area contributed by atoms with Crippen molar-refractivity contribution >= 4 is 58.0 Å². The van der Waals surface area contributed by atoms with Crippen LogP contribution in [0.1, 0.15) is 38.5 Å². The highest BCUT2D eigenvalue weighted by Crippen LogP contribution is 2.65. The molecule has 3 aromatic carbocycles. The largest absolute Gasteiger partial charge is 0.527 e. The average molecular weight is 807 g/mol. The van der Waals surface area contributed by atoms with Crippen molar-refractivity contribution in [3.8, 4) is 0 Å². The molecule has 51 heavy (non-hydrogen) atoms. The molecule has 1 N–H and O–H groups in total. The highest BCUT2D eigenvalue weighted by atomic mass is 35.5. The molecule has 1 saturated carbocycles. The summed E-state index contributed by atoms with van der Waals surface area (Å²) in [6, 6.07) is 5.96. The van der Waals surface area contributed by atoms with Gasteiger partial charge in [0.15, 0.2) is 5.78 Å². The number of carbonyl (C=O) groups is 3. The van der Waals surface area contributed by atoms with Crippen LogP contribution in [0.25, 0.3) is 0 Å². The molecule has 0 bridgehead atoms. The normalized spacial score (nSPS) is 17.6. The number of Topliss-reactive ketones (excluding diaryl/α,β-unsaturated/α-hetero) is 2.